The summed E-state index contributed by atoms with van der Waals surface area (Å²) in [7, 11) is -0.806. The lowest BCUT2D eigenvalue weighted by molar-refractivity contribution is -0.138. The van der Waals surface area contributed by atoms with Crippen LogP contribution in [0.25, 0.3) is 6.08 Å². The smallest absolute Gasteiger partial charge is 0.335 e. The van der Waals surface area contributed by atoms with Crippen molar-refractivity contribution in [2.45, 2.75) is 52.2 Å². The fraction of sp³-hybridized carbons (Fsp3) is 0.481. The minimum atomic E-state index is -0.809. The minimum Gasteiger partial charge on any atom is -0.463 e. The Labute approximate surface area is 218 Å². The Bertz CT molecular complexity index is 1200. The molecule has 0 bridgehead atoms. The average Bonchev–Trinajstić information content (AvgIpc) is 3.31. The Hall–Kier alpha value is -2.85. The molecule has 10 heteroatoms. The highest BCUT2D eigenvalue weighted by Gasteiger charge is 2.33. The van der Waals surface area contributed by atoms with Gasteiger partial charge in [0.15, 0.2) is 21.4 Å². The summed E-state index contributed by atoms with van der Waals surface area (Å²) < 4.78 is 55.2. The van der Waals surface area contributed by atoms with Gasteiger partial charge >= 0.3 is 5.97 Å². The first-order valence-electron chi connectivity index (χ1n) is 12.7. The molecule has 6 nitrogen and oxygen atoms in total. The van der Waals surface area contributed by atoms with Crippen LogP contribution in [-0.4, -0.2) is 53.1 Å². The van der Waals surface area contributed by atoms with E-state index in [0.717, 1.165) is 18.6 Å². The lowest BCUT2D eigenvalue weighted by atomic mass is 9.99. The predicted octanol–water partition coefficient (Wildman–Crippen LogP) is 5.13. The van der Waals surface area contributed by atoms with Crippen molar-refractivity contribution < 1.29 is 27.1 Å². The number of benzene rings is 1. The number of hydrogen-bond acceptors (Lipinski definition) is 6. The zero-order valence-electron chi connectivity index (χ0n) is 22.0. The molecule has 1 saturated heterocycles. The van der Waals surface area contributed by atoms with Gasteiger partial charge in [-0.3, -0.25) is 0 Å². The molecule has 2 aliphatic rings. The molecule has 0 spiro atoms. The van der Waals surface area contributed by atoms with Crippen molar-refractivity contribution >= 4 is 39.1 Å². The summed E-state index contributed by atoms with van der Waals surface area (Å²) in [5.41, 5.74) is 0.573. The molecule has 200 valence electrons. The van der Waals surface area contributed by atoms with Crippen molar-refractivity contribution in [3.8, 4) is 0 Å². The van der Waals surface area contributed by atoms with Crippen molar-refractivity contribution in [3.05, 3.63) is 52.9 Å². The van der Waals surface area contributed by atoms with Crippen molar-refractivity contribution in [2.24, 2.45) is 5.92 Å². The SMILES string of the molecule is CCOC(=O)C1=Cc2cc(F)c(N3CCC(O[SiH2]C(C)(C)C(C)C)C3)nc2N(c2ccc(F)cc2F)C1. The van der Waals surface area contributed by atoms with Crippen LogP contribution in [0, 0.1) is 23.4 Å². The number of aromatic nitrogens is 1. The predicted molar refractivity (Wildman–Crippen MR) is 141 cm³/mol. The molecule has 1 unspecified atom stereocenters. The molecule has 0 radical (unpaired) electrons. The summed E-state index contributed by atoms with van der Waals surface area (Å²) >= 11 is 0. The number of rotatable bonds is 8. The van der Waals surface area contributed by atoms with Gasteiger partial charge in [0.1, 0.15) is 17.5 Å². The zero-order chi connectivity index (χ0) is 26.9. The normalized spacial score (nSPS) is 18.1. The number of ether oxygens (including phenoxy) is 1. The van der Waals surface area contributed by atoms with Gasteiger partial charge in [-0.05, 0) is 48.6 Å². The van der Waals surface area contributed by atoms with Gasteiger partial charge in [0.2, 0.25) is 0 Å². The van der Waals surface area contributed by atoms with Crippen LogP contribution in [0.15, 0.2) is 29.8 Å². The monoisotopic (exact) mass is 533 g/mol. The minimum absolute atomic E-state index is 0.00267. The number of hydrogen-bond donors (Lipinski definition) is 0. The number of carbonyl (C=O) groups excluding carboxylic acids is 1. The molecular formula is C27H34F3N3O3Si. The number of anilines is 3. The maximum Gasteiger partial charge on any atom is 0.335 e. The molecular weight excluding hydrogens is 499 g/mol. The third kappa shape index (κ3) is 5.85. The largest absolute Gasteiger partial charge is 0.463 e. The second-order valence-electron chi connectivity index (χ2n) is 10.6. The quantitative estimate of drug-likeness (QED) is 0.346. The molecule has 2 aliphatic heterocycles. The lowest BCUT2D eigenvalue weighted by Crippen LogP contribution is -2.32. The molecule has 0 aliphatic carbocycles. The molecule has 37 heavy (non-hydrogen) atoms. The molecule has 4 rings (SSSR count). The first-order valence-corrected chi connectivity index (χ1v) is 14.0. The van der Waals surface area contributed by atoms with Gasteiger partial charge in [-0.15, -0.1) is 0 Å². The Kier molecular flexibility index (Phi) is 7.98. The van der Waals surface area contributed by atoms with Crippen LogP contribution in [-0.2, 0) is 14.0 Å². The van der Waals surface area contributed by atoms with E-state index < -0.39 is 33.2 Å². The van der Waals surface area contributed by atoms with Crippen LogP contribution in [0.5, 0.6) is 0 Å². The molecule has 0 N–H and O–H groups in total. The third-order valence-electron chi connectivity index (χ3n) is 7.32. The van der Waals surface area contributed by atoms with Crippen LogP contribution >= 0.6 is 0 Å². The van der Waals surface area contributed by atoms with Crippen LogP contribution in [0.2, 0.25) is 5.04 Å². The number of nitrogens with zero attached hydrogens (tertiary/aromatic N) is 3. The van der Waals surface area contributed by atoms with Gasteiger partial charge in [-0.25, -0.2) is 22.9 Å². The van der Waals surface area contributed by atoms with E-state index in [2.05, 4.69) is 32.7 Å². The van der Waals surface area contributed by atoms with Gasteiger partial charge < -0.3 is 19.0 Å². The van der Waals surface area contributed by atoms with Crippen molar-refractivity contribution in [2.75, 3.05) is 36.0 Å². The number of fused-ring (bicyclic) bond motifs is 1. The Balaban J connectivity index is 1.65. The lowest BCUT2D eigenvalue weighted by Gasteiger charge is -2.31. The molecule has 1 fully saturated rings. The average molecular weight is 534 g/mol. The van der Waals surface area contributed by atoms with Gasteiger partial charge in [-0.1, -0.05) is 27.7 Å². The molecule has 2 aromatic rings. The summed E-state index contributed by atoms with van der Waals surface area (Å²) in [6, 6.07) is 4.49. The van der Waals surface area contributed by atoms with E-state index in [-0.39, 0.29) is 47.2 Å². The fourth-order valence-electron chi connectivity index (χ4n) is 4.31. The molecule has 1 aromatic carbocycles. The molecule has 3 heterocycles. The van der Waals surface area contributed by atoms with E-state index in [1.807, 2.05) is 4.90 Å². The van der Waals surface area contributed by atoms with Gasteiger partial charge in [0.25, 0.3) is 0 Å². The van der Waals surface area contributed by atoms with Gasteiger partial charge in [0.05, 0.1) is 30.5 Å². The molecule has 1 aromatic heterocycles. The third-order valence-corrected chi connectivity index (χ3v) is 9.51. The topological polar surface area (TPSA) is 54.9 Å². The van der Waals surface area contributed by atoms with Crippen molar-refractivity contribution in [3.63, 3.8) is 0 Å². The molecule has 0 saturated carbocycles. The molecule has 0 amide bonds. The highest BCUT2D eigenvalue weighted by molar-refractivity contribution is 6.32. The fourth-order valence-corrected chi connectivity index (χ4v) is 5.58. The zero-order valence-corrected chi connectivity index (χ0v) is 23.4. The summed E-state index contributed by atoms with van der Waals surface area (Å²) in [5, 5.41) is 0.158. The van der Waals surface area contributed by atoms with E-state index in [1.54, 1.807) is 6.92 Å². The highest BCUT2D eigenvalue weighted by atomic mass is 28.2. The summed E-state index contributed by atoms with van der Waals surface area (Å²) in [5.74, 6) is -1.71. The number of carbonyl (C=O) groups is 1. The highest BCUT2D eigenvalue weighted by Crippen LogP contribution is 2.39. The number of halogens is 3. The Morgan fingerprint density at radius 1 is 1.19 bits per heavy atom. The van der Waals surface area contributed by atoms with Crippen molar-refractivity contribution in [1.29, 1.82) is 0 Å². The first kappa shape index (κ1) is 27.2. The van der Waals surface area contributed by atoms with Crippen molar-refractivity contribution in [1.82, 2.24) is 4.98 Å². The van der Waals surface area contributed by atoms with E-state index in [0.29, 0.717) is 24.6 Å². The maximum atomic E-state index is 15.4. The van der Waals surface area contributed by atoms with Gasteiger partial charge in [0, 0.05) is 24.7 Å². The first-order chi connectivity index (χ1) is 17.5. The van der Waals surface area contributed by atoms with Crippen LogP contribution < -0.4 is 9.80 Å². The summed E-state index contributed by atoms with van der Waals surface area (Å²) in [6.45, 7) is 11.7. The number of esters is 1. The summed E-state index contributed by atoms with van der Waals surface area (Å²) in [6.07, 6.45) is 2.28. The maximum absolute atomic E-state index is 15.4. The number of pyridine rings is 1. The van der Waals surface area contributed by atoms with Crippen LogP contribution in [0.4, 0.5) is 30.5 Å². The Morgan fingerprint density at radius 2 is 1.95 bits per heavy atom. The van der Waals surface area contributed by atoms with Crippen LogP contribution in [0.3, 0.4) is 0 Å². The van der Waals surface area contributed by atoms with E-state index >= 15 is 4.39 Å². The second-order valence-corrected chi connectivity index (χ2v) is 13.0. The van der Waals surface area contributed by atoms with Gasteiger partial charge in [-0.2, -0.15) is 0 Å². The van der Waals surface area contributed by atoms with E-state index in [9.17, 15) is 13.6 Å². The van der Waals surface area contributed by atoms with E-state index in [1.165, 1.54) is 23.1 Å². The second kappa shape index (κ2) is 10.9. The summed E-state index contributed by atoms with van der Waals surface area (Å²) in [4.78, 5) is 20.4. The Morgan fingerprint density at radius 3 is 2.62 bits per heavy atom. The molecule has 1 atom stereocenters. The standard InChI is InChI=1S/C27H34F3N3O3Si/c1-6-35-26(34)18-11-17-12-22(30)25(32-10-9-20(15-32)36-37-27(4,5)16(2)3)31-24(17)33(14-18)23-8-7-19(28)13-21(23)29/h7-8,11-13,16,20H,6,9-10,14-15,37H2,1-5H3. The van der Waals surface area contributed by atoms with E-state index in [4.69, 9.17) is 9.16 Å². The van der Waals surface area contributed by atoms with Crippen LogP contribution in [0.1, 0.15) is 46.6 Å².